The number of benzene rings is 1. The van der Waals surface area contributed by atoms with E-state index in [9.17, 15) is 0 Å². The lowest BCUT2D eigenvalue weighted by Gasteiger charge is -2.11. The van der Waals surface area contributed by atoms with Crippen molar-refractivity contribution in [3.8, 4) is 11.5 Å². The summed E-state index contributed by atoms with van der Waals surface area (Å²) in [4.78, 5) is 0. The summed E-state index contributed by atoms with van der Waals surface area (Å²) in [5.41, 5.74) is 1.11. The molecule has 0 bridgehead atoms. The first-order valence-electron chi connectivity index (χ1n) is 3.44. The minimum atomic E-state index is -0.566. The third-order valence-corrected chi connectivity index (χ3v) is 2.51. The standard InChI is InChI=1S/C8H6I2O2/c1-5-3-2-4-6-7(5)12-8(9,10)11-6/h2-4H,1H3. The van der Waals surface area contributed by atoms with Crippen LogP contribution in [-0.4, -0.2) is 1.80 Å². The van der Waals surface area contributed by atoms with Crippen molar-refractivity contribution < 1.29 is 9.47 Å². The number of hydrogen-bond acceptors (Lipinski definition) is 2. The number of fused-ring (bicyclic) bond motifs is 1. The van der Waals surface area contributed by atoms with Gasteiger partial charge in [0.2, 0.25) is 0 Å². The van der Waals surface area contributed by atoms with Gasteiger partial charge in [-0.3, -0.25) is 0 Å². The Balaban J connectivity index is 2.48. The summed E-state index contributed by atoms with van der Waals surface area (Å²) in [6.45, 7) is 2.01. The van der Waals surface area contributed by atoms with Crippen LogP contribution in [0.3, 0.4) is 0 Å². The maximum Gasteiger partial charge on any atom is 0.355 e. The number of rotatable bonds is 0. The van der Waals surface area contributed by atoms with E-state index in [1.54, 1.807) is 0 Å². The van der Waals surface area contributed by atoms with Crippen molar-refractivity contribution in [2.45, 2.75) is 8.72 Å². The predicted molar refractivity (Wildman–Crippen MR) is 63.2 cm³/mol. The van der Waals surface area contributed by atoms with Crippen molar-refractivity contribution in [1.82, 2.24) is 0 Å². The first-order chi connectivity index (χ1) is 5.58. The number of hydrogen-bond donors (Lipinski definition) is 0. The molecule has 0 saturated carbocycles. The van der Waals surface area contributed by atoms with Crippen molar-refractivity contribution in [1.29, 1.82) is 0 Å². The predicted octanol–water partition coefficient (Wildman–Crippen LogP) is 3.25. The molecule has 1 aromatic carbocycles. The Hall–Kier alpha value is 0.280. The third-order valence-electron chi connectivity index (χ3n) is 1.63. The molecule has 2 rings (SSSR count). The maximum absolute atomic E-state index is 5.58. The minimum Gasteiger partial charge on any atom is -0.432 e. The van der Waals surface area contributed by atoms with Gasteiger partial charge in [-0.15, -0.1) is 0 Å². The fourth-order valence-electron chi connectivity index (χ4n) is 1.10. The van der Waals surface area contributed by atoms with Crippen LogP contribution in [0.15, 0.2) is 18.2 Å². The Labute approximate surface area is 97.9 Å². The molecular weight excluding hydrogens is 382 g/mol. The molecule has 2 nitrogen and oxygen atoms in total. The van der Waals surface area contributed by atoms with Gasteiger partial charge in [0.15, 0.2) is 11.5 Å². The van der Waals surface area contributed by atoms with Crippen molar-refractivity contribution in [3.05, 3.63) is 23.8 Å². The van der Waals surface area contributed by atoms with Gasteiger partial charge in [-0.1, -0.05) is 12.1 Å². The summed E-state index contributed by atoms with van der Waals surface area (Å²) in [7, 11) is 0. The third kappa shape index (κ3) is 1.50. The Morgan fingerprint density at radius 1 is 1.25 bits per heavy atom. The molecule has 0 spiro atoms. The second kappa shape index (κ2) is 2.90. The van der Waals surface area contributed by atoms with E-state index >= 15 is 0 Å². The fraction of sp³-hybridized carbons (Fsp3) is 0.250. The summed E-state index contributed by atoms with van der Waals surface area (Å²) in [5, 5.41) is 0. The van der Waals surface area contributed by atoms with Gasteiger partial charge in [-0.2, -0.15) is 0 Å². The van der Waals surface area contributed by atoms with Gasteiger partial charge in [-0.05, 0) is 18.6 Å². The van der Waals surface area contributed by atoms with E-state index in [1.807, 2.05) is 25.1 Å². The van der Waals surface area contributed by atoms with Crippen LogP contribution >= 0.6 is 45.2 Å². The van der Waals surface area contributed by atoms with Gasteiger partial charge in [0.05, 0.1) is 0 Å². The minimum absolute atomic E-state index is 0.566. The molecule has 4 heteroatoms. The zero-order valence-electron chi connectivity index (χ0n) is 6.30. The molecule has 0 N–H and O–H groups in total. The lowest BCUT2D eigenvalue weighted by molar-refractivity contribution is 0.135. The van der Waals surface area contributed by atoms with Crippen molar-refractivity contribution in [2.75, 3.05) is 0 Å². The van der Waals surface area contributed by atoms with Crippen LogP contribution in [0.2, 0.25) is 0 Å². The smallest absolute Gasteiger partial charge is 0.355 e. The molecule has 0 aromatic heterocycles. The molecule has 0 unspecified atom stereocenters. The molecule has 0 aliphatic carbocycles. The van der Waals surface area contributed by atoms with Gasteiger partial charge in [0, 0.05) is 45.2 Å². The van der Waals surface area contributed by atoms with Crippen LogP contribution in [0.5, 0.6) is 11.5 Å². The topological polar surface area (TPSA) is 18.5 Å². The lowest BCUT2D eigenvalue weighted by Crippen LogP contribution is -2.21. The van der Waals surface area contributed by atoms with E-state index in [1.165, 1.54) is 0 Å². The first kappa shape index (κ1) is 8.86. The van der Waals surface area contributed by atoms with Crippen LogP contribution in [0.25, 0.3) is 0 Å². The number of ether oxygens (including phenoxy) is 2. The SMILES string of the molecule is Cc1cccc2c1OC(I)(I)O2. The van der Waals surface area contributed by atoms with Crippen molar-refractivity contribution >= 4 is 45.2 Å². The molecule has 1 aliphatic rings. The van der Waals surface area contributed by atoms with E-state index in [-0.39, 0.29) is 0 Å². The molecular formula is C8H6I2O2. The van der Waals surface area contributed by atoms with E-state index in [0.29, 0.717) is 0 Å². The number of aryl methyl sites for hydroxylation is 1. The fourth-order valence-corrected chi connectivity index (χ4v) is 2.02. The Morgan fingerprint density at radius 3 is 2.67 bits per heavy atom. The molecule has 0 fully saturated rings. The van der Waals surface area contributed by atoms with Gasteiger partial charge in [-0.25, -0.2) is 0 Å². The molecule has 64 valence electrons. The van der Waals surface area contributed by atoms with E-state index in [4.69, 9.17) is 9.47 Å². The molecule has 0 radical (unpaired) electrons. The highest BCUT2D eigenvalue weighted by Gasteiger charge is 2.36. The Morgan fingerprint density at radius 2 is 2.00 bits per heavy atom. The highest BCUT2D eigenvalue weighted by atomic mass is 127. The molecule has 1 aliphatic heterocycles. The van der Waals surface area contributed by atoms with Gasteiger partial charge in [0.25, 0.3) is 0 Å². The van der Waals surface area contributed by atoms with Gasteiger partial charge in [0.1, 0.15) is 0 Å². The number of halogens is 2. The van der Waals surface area contributed by atoms with Crippen molar-refractivity contribution in [2.24, 2.45) is 0 Å². The number of para-hydroxylation sites is 1. The molecule has 1 heterocycles. The molecule has 0 saturated heterocycles. The van der Waals surface area contributed by atoms with Gasteiger partial charge < -0.3 is 9.47 Å². The quantitative estimate of drug-likeness (QED) is 0.502. The van der Waals surface area contributed by atoms with Crippen LogP contribution in [0.4, 0.5) is 0 Å². The van der Waals surface area contributed by atoms with E-state index in [2.05, 4.69) is 45.2 Å². The second-order valence-corrected chi connectivity index (χ2v) is 7.47. The maximum atomic E-state index is 5.58. The highest BCUT2D eigenvalue weighted by Crippen LogP contribution is 2.47. The Kier molecular flexibility index (Phi) is 2.14. The summed E-state index contributed by atoms with van der Waals surface area (Å²) in [6.07, 6.45) is 0. The Bertz CT molecular complexity index is 323. The summed E-state index contributed by atoms with van der Waals surface area (Å²) in [5.74, 6) is 1.69. The average molecular weight is 388 g/mol. The normalized spacial score (nSPS) is 17.9. The largest absolute Gasteiger partial charge is 0.432 e. The summed E-state index contributed by atoms with van der Waals surface area (Å²) < 4.78 is 10.5. The summed E-state index contributed by atoms with van der Waals surface area (Å²) >= 11 is 4.24. The van der Waals surface area contributed by atoms with E-state index in [0.717, 1.165) is 17.1 Å². The molecule has 1 aromatic rings. The van der Waals surface area contributed by atoms with Crippen LogP contribution in [-0.2, 0) is 0 Å². The molecule has 12 heavy (non-hydrogen) atoms. The zero-order chi connectivity index (χ0) is 8.77. The number of alkyl halides is 2. The van der Waals surface area contributed by atoms with Crippen LogP contribution in [0, 0.1) is 6.92 Å². The van der Waals surface area contributed by atoms with Gasteiger partial charge >= 0.3 is 1.80 Å². The highest BCUT2D eigenvalue weighted by molar-refractivity contribution is 14.2. The lowest BCUT2D eigenvalue weighted by atomic mass is 10.2. The van der Waals surface area contributed by atoms with Crippen LogP contribution < -0.4 is 9.47 Å². The van der Waals surface area contributed by atoms with E-state index < -0.39 is 1.80 Å². The first-order valence-corrected chi connectivity index (χ1v) is 5.60. The average Bonchev–Trinajstić information content (AvgIpc) is 2.25. The zero-order valence-corrected chi connectivity index (χ0v) is 10.6. The molecule has 0 atom stereocenters. The van der Waals surface area contributed by atoms with Crippen LogP contribution in [0.1, 0.15) is 5.56 Å². The monoisotopic (exact) mass is 388 g/mol. The summed E-state index contributed by atoms with van der Waals surface area (Å²) in [6, 6.07) is 5.89. The second-order valence-electron chi connectivity index (χ2n) is 2.57. The van der Waals surface area contributed by atoms with Crippen molar-refractivity contribution in [3.63, 3.8) is 0 Å². The molecule has 0 amide bonds.